The Morgan fingerprint density at radius 2 is 1.89 bits per heavy atom. The molecule has 0 aliphatic rings. The smallest absolute Gasteiger partial charge is 0.132 e. The molecule has 18 heavy (non-hydrogen) atoms. The molecule has 0 saturated heterocycles. The molecule has 2 aromatic rings. The van der Waals surface area contributed by atoms with Crippen LogP contribution in [0.1, 0.15) is 5.56 Å². The van der Waals surface area contributed by atoms with Gasteiger partial charge in [-0.15, -0.1) is 11.8 Å². The van der Waals surface area contributed by atoms with Gasteiger partial charge in [0.15, 0.2) is 0 Å². The van der Waals surface area contributed by atoms with Crippen LogP contribution in [0.25, 0.3) is 0 Å². The summed E-state index contributed by atoms with van der Waals surface area (Å²) in [6, 6.07) is 13.4. The highest BCUT2D eigenvalue weighted by molar-refractivity contribution is 7.98. The monoisotopic (exact) mass is 279 g/mol. The number of hydrogen-bond acceptors (Lipinski definition) is 3. The predicted octanol–water partition coefficient (Wildman–Crippen LogP) is 4.31. The summed E-state index contributed by atoms with van der Waals surface area (Å²) in [6.07, 6.45) is 2.04. The molecule has 0 saturated carbocycles. The first-order valence-electron chi connectivity index (χ1n) is 5.53. The van der Waals surface area contributed by atoms with Crippen LogP contribution in [-0.4, -0.2) is 6.26 Å². The predicted molar refractivity (Wildman–Crippen MR) is 77.6 cm³/mol. The maximum absolute atomic E-state index is 5.92. The average Bonchev–Trinajstić information content (AvgIpc) is 2.41. The number of nitrogens with two attached hydrogens (primary N) is 1. The molecule has 0 radical (unpaired) electrons. The molecular formula is C14H14ClNOS. The molecule has 0 spiro atoms. The molecule has 0 aromatic heterocycles. The molecule has 0 fully saturated rings. The fourth-order valence-corrected chi connectivity index (χ4v) is 2.18. The minimum absolute atomic E-state index is 0.402. The Bertz CT molecular complexity index is 528. The van der Waals surface area contributed by atoms with Gasteiger partial charge in [-0.25, -0.2) is 0 Å². The average molecular weight is 280 g/mol. The second-order valence-corrected chi connectivity index (χ2v) is 5.05. The van der Waals surface area contributed by atoms with E-state index in [1.54, 1.807) is 17.8 Å². The lowest BCUT2D eigenvalue weighted by molar-refractivity contribution is 0.476. The van der Waals surface area contributed by atoms with Crippen molar-refractivity contribution in [3.63, 3.8) is 0 Å². The fourth-order valence-electron chi connectivity index (χ4n) is 1.58. The first-order chi connectivity index (χ1) is 8.72. The minimum atomic E-state index is 0.402. The van der Waals surface area contributed by atoms with E-state index in [1.165, 1.54) is 4.90 Å². The van der Waals surface area contributed by atoms with Crippen LogP contribution in [0.2, 0.25) is 5.02 Å². The van der Waals surface area contributed by atoms with Gasteiger partial charge in [0.1, 0.15) is 11.5 Å². The van der Waals surface area contributed by atoms with E-state index in [4.69, 9.17) is 22.1 Å². The van der Waals surface area contributed by atoms with Crippen molar-refractivity contribution in [2.24, 2.45) is 5.73 Å². The molecule has 2 nitrogen and oxygen atoms in total. The topological polar surface area (TPSA) is 35.2 Å². The molecule has 4 heteroatoms. The highest BCUT2D eigenvalue weighted by Crippen LogP contribution is 2.28. The third-order valence-corrected chi connectivity index (χ3v) is 3.51. The Morgan fingerprint density at radius 3 is 2.50 bits per heavy atom. The Morgan fingerprint density at radius 1 is 1.17 bits per heavy atom. The van der Waals surface area contributed by atoms with Crippen LogP contribution >= 0.6 is 23.4 Å². The number of benzene rings is 2. The summed E-state index contributed by atoms with van der Waals surface area (Å²) < 4.78 is 5.81. The third kappa shape index (κ3) is 3.19. The molecule has 0 unspecified atom stereocenters. The van der Waals surface area contributed by atoms with Gasteiger partial charge in [-0.2, -0.15) is 0 Å². The Hall–Kier alpha value is -1.16. The van der Waals surface area contributed by atoms with Crippen molar-refractivity contribution < 1.29 is 4.74 Å². The number of rotatable bonds is 4. The largest absolute Gasteiger partial charge is 0.457 e. The van der Waals surface area contributed by atoms with Crippen LogP contribution in [0.5, 0.6) is 11.5 Å². The highest BCUT2D eigenvalue weighted by Gasteiger charge is 2.04. The van der Waals surface area contributed by atoms with Crippen molar-refractivity contribution >= 4 is 23.4 Å². The maximum Gasteiger partial charge on any atom is 0.132 e. The minimum Gasteiger partial charge on any atom is -0.457 e. The van der Waals surface area contributed by atoms with Crippen LogP contribution in [0.15, 0.2) is 47.4 Å². The van der Waals surface area contributed by atoms with Gasteiger partial charge in [0.05, 0.1) is 0 Å². The zero-order valence-electron chi connectivity index (χ0n) is 10.0. The van der Waals surface area contributed by atoms with E-state index in [0.717, 1.165) is 17.1 Å². The summed E-state index contributed by atoms with van der Waals surface area (Å²) in [5, 5.41) is 0.667. The summed E-state index contributed by atoms with van der Waals surface area (Å²) in [4.78, 5) is 1.21. The normalized spacial score (nSPS) is 10.4. The first kappa shape index (κ1) is 13.3. The van der Waals surface area contributed by atoms with Gasteiger partial charge in [0, 0.05) is 22.0 Å². The van der Waals surface area contributed by atoms with Crippen molar-refractivity contribution in [1.29, 1.82) is 0 Å². The SMILES string of the molecule is CSc1ccc(Oc2ccc(Cl)cc2CN)cc1. The van der Waals surface area contributed by atoms with E-state index in [9.17, 15) is 0 Å². The molecule has 2 N–H and O–H groups in total. The highest BCUT2D eigenvalue weighted by atomic mass is 35.5. The number of ether oxygens (including phenoxy) is 1. The van der Waals surface area contributed by atoms with Gasteiger partial charge in [0.25, 0.3) is 0 Å². The molecule has 0 atom stereocenters. The molecule has 0 aliphatic heterocycles. The third-order valence-electron chi connectivity index (χ3n) is 2.53. The van der Waals surface area contributed by atoms with Crippen LogP contribution in [0, 0.1) is 0 Å². The Labute approximate surface area is 116 Å². The van der Waals surface area contributed by atoms with Crippen molar-refractivity contribution in [2.75, 3.05) is 6.26 Å². The van der Waals surface area contributed by atoms with Crippen LogP contribution in [0.4, 0.5) is 0 Å². The van der Waals surface area contributed by atoms with Crippen LogP contribution in [0.3, 0.4) is 0 Å². The van der Waals surface area contributed by atoms with Crippen LogP contribution in [-0.2, 0) is 6.54 Å². The summed E-state index contributed by atoms with van der Waals surface area (Å²) in [5.41, 5.74) is 6.58. The van der Waals surface area contributed by atoms with Gasteiger partial charge in [-0.1, -0.05) is 11.6 Å². The second-order valence-electron chi connectivity index (χ2n) is 3.73. The van der Waals surface area contributed by atoms with Crippen molar-refractivity contribution in [1.82, 2.24) is 0 Å². The quantitative estimate of drug-likeness (QED) is 0.847. The standard InChI is InChI=1S/C14H14ClNOS/c1-18-13-5-3-12(4-6-13)17-14-7-2-11(15)8-10(14)9-16/h2-8H,9,16H2,1H3. The zero-order valence-corrected chi connectivity index (χ0v) is 11.6. The van der Waals surface area contributed by atoms with Gasteiger partial charge in [-0.3, -0.25) is 0 Å². The van der Waals surface area contributed by atoms with Crippen molar-refractivity contribution in [2.45, 2.75) is 11.4 Å². The lowest BCUT2D eigenvalue weighted by atomic mass is 10.2. The van der Waals surface area contributed by atoms with Gasteiger partial charge < -0.3 is 10.5 Å². The fraction of sp³-hybridized carbons (Fsp3) is 0.143. The number of hydrogen-bond donors (Lipinski definition) is 1. The zero-order chi connectivity index (χ0) is 13.0. The Balaban J connectivity index is 2.22. The Kier molecular flexibility index (Phi) is 4.53. The summed E-state index contributed by atoms with van der Waals surface area (Å²) in [7, 11) is 0. The molecule has 2 rings (SSSR count). The molecule has 0 bridgehead atoms. The van der Waals surface area contributed by atoms with E-state index >= 15 is 0 Å². The molecule has 94 valence electrons. The maximum atomic E-state index is 5.92. The number of thioether (sulfide) groups is 1. The lowest BCUT2D eigenvalue weighted by Gasteiger charge is -2.10. The summed E-state index contributed by atoms with van der Waals surface area (Å²) in [5.74, 6) is 1.55. The van der Waals surface area contributed by atoms with E-state index in [1.807, 2.05) is 42.7 Å². The number of halogens is 1. The lowest BCUT2D eigenvalue weighted by Crippen LogP contribution is -1.99. The summed E-state index contributed by atoms with van der Waals surface area (Å²) >= 11 is 7.62. The van der Waals surface area contributed by atoms with Gasteiger partial charge >= 0.3 is 0 Å². The second kappa shape index (κ2) is 6.14. The molecular weight excluding hydrogens is 266 g/mol. The molecule has 2 aromatic carbocycles. The van der Waals surface area contributed by atoms with E-state index in [-0.39, 0.29) is 0 Å². The molecule has 0 heterocycles. The van der Waals surface area contributed by atoms with Crippen LogP contribution < -0.4 is 10.5 Å². The molecule has 0 amide bonds. The first-order valence-corrected chi connectivity index (χ1v) is 7.13. The molecule has 0 aliphatic carbocycles. The van der Waals surface area contributed by atoms with E-state index in [0.29, 0.717) is 11.6 Å². The van der Waals surface area contributed by atoms with Crippen molar-refractivity contribution in [3.05, 3.63) is 53.1 Å². The van der Waals surface area contributed by atoms with Crippen molar-refractivity contribution in [3.8, 4) is 11.5 Å². The van der Waals surface area contributed by atoms with E-state index < -0.39 is 0 Å². The summed E-state index contributed by atoms with van der Waals surface area (Å²) in [6.45, 7) is 0.402. The van der Waals surface area contributed by atoms with E-state index in [2.05, 4.69) is 0 Å². The van der Waals surface area contributed by atoms with Gasteiger partial charge in [-0.05, 0) is 48.7 Å². The van der Waals surface area contributed by atoms with Gasteiger partial charge in [0.2, 0.25) is 0 Å².